The summed E-state index contributed by atoms with van der Waals surface area (Å²) in [5.41, 5.74) is 0.447. The minimum atomic E-state index is -0.920. The average Bonchev–Trinajstić information content (AvgIpc) is 3.35. The summed E-state index contributed by atoms with van der Waals surface area (Å²) in [6.45, 7) is 4.87. The van der Waals surface area contributed by atoms with Gasteiger partial charge in [-0.3, -0.25) is 14.3 Å². The molecular formula is C21H28N4O2S. The van der Waals surface area contributed by atoms with Gasteiger partial charge in [0.1, 0.15) is 16.9 Å². The second-order valence-electron chi connectivity index (χ2n) is 8.09. The van der Waals surface area contributed by atoms with Crippen LogP contribution in [0.3, 0.4) is 0 Å². The maximum Gasteiger partial charge on any atom is 0.273 e. The molecule has 1 atom stereocenters. The molecule has 0 radical (unpaired) electrons. The second kappa shape index (κ2) is 7.70. The zero-order valence-corrected chi connectivity index (χ0v) is 17.4. The normalized spacial score (nSPS) is 22.9. The number of carbonyl (C=O) groups excluding carboxylic acids is 2. The first-order valence-corrected chi connectivity index (χ1v) is 11.2. The third-order valence-electron chi connectivity index (χ3n) is 5.95. The molecule has 1 aliphatic carbocycles. The molecule has 0 aromatic carbocycles. The number of amides is 2. The third-order valence-corrected chi connectivity index (χ3v) is 6.84. The Kier molecular flexibility index (Phi) is 5.27. The van der Waals surface area contributed by atoms with Gasteiger partial charge in [0.2, 0.25) is 5.91 Å². The molecule has 0 bridgehead atoms. The lowest BCUT2D eigenvalue weighted by molar-refractivity contribution is -0.134. The van der Waals surface area contributed by atoms with Crippen molar-refractivity contribution in [1.29, 1.82) is 0 Å². The maximum absolute atomic E-state index is 13.3. The van der Waals surface area contributed by atoms with E-state index in [9.17, 15) is 9.59 Å². The van der Waals surface area contributed by atoms with Crippen molar-refractivity contribution in [3.8, 4) is 10.6 Å². The predicted molar refractivity (Wildman–Crippen MR) is 110 cm³/mol. The Hall–Kier alpha value is -2.15. The number of hydrogen-bond donors (Lipinski definition) is 1. The number of carbonyl (C=O) groups is 2. The fourth-order valence-corrected chi connectivity index (χ4v) is 5.03. The van der Waals surface area contributed by atoms with Crippen LogP contribution in [0.2, 0.25) is 0 Å². The monoisotopic (exact) mass is 400 g/mol. The van der Waals surface area contributed by atoms with E-state index >= 15 is 0 Å². The van der Waals surface area contributed by atoms with Crippen molar-refractivity contribution >= 4 is 23.2 Å². The van der Waals surface area contributed by atoms with Crippen molar-refractivity contribution in [3.63, 3.8) is 0 Å². The Balaban J connectivity index is 1.64. The van der Waals surface area contributed by atoms with Gasteiger partial charge in [-0.25, -0.2) is 0 Å². The lowest BCUT2D eigenvalue weighted by atomic mass is 9.91. The summed E-state index contributed by atoms with van der Waals surface area (Å²) in [4.78, 5) is 29.4. The highest BCUT2D eigenvalue weighted by molar-refractivity contribution is 7.13. The molecule has 2 amide bonds. The van der Waals surface area contributed by atoms with Gasteiger partial charge >= 0.3 is 0 Å². The Morgan fingerprint density at radius 3 is 2.82 bits per heavy atom. The minimum Gasteiger partial charge on any atom is -0.351 e. The van der Waals surface area contributed by atoms with E-state index in [0.717, 1.165) is 42.7 Å². The SMILES string of the molecule is CCCN1C(=O)c2cc(-c3cccs3)nn2CC1(C)C(=O)NC1CCCCC1. The third kappa shape index (κ3) is 3.36. The average molecular weight is 401 g/mol. The maximum atomic E-state index is 13.3. The highest BCUT2D eigenvalue weighted by atomic mass is 32.1. The number of aromatic nitrogens is 2. The lowest BCUT2D eigenvalue weighted by Crippen LogP contribution is -2.65. The first-order chi connectivity index (χ1) is 13.5. The molecular weight excluding hydrogens is 372 g/mol. The van der Waals surface area contributed by atoms with Gasteiger partial charge < -0.3 is 10.2 Å². The van der Waals surface area contributed by atoms with Crippen LogP contribution in [0, 0.1) is 0 Å². The highest BCUT2D eigenvalue weighted by Crippen LogP contribution is 2.32. The summed E-state index contributed by atoms with van der Waals surface area (Å²) in [7, 11) is 0. The van der Waals surface area contributed by atoms with E-state index in [0.29, 0.717) is 18.8 Å². The summed E-state index contributed by atoms with van der Waals surface area (Å²) in [6.07, 6.45) is 6.42. The Bertz CT molecular complexity index is 854. The largest absolute Gasteiger partial charge is 0.351 e. The zero-order valence-electron chi connectivity index (χ0n) is 16.6. The van der Waals surface area contributed by atoms with Gasteiger partial charge in [-0.15, -0.1) is 11.3 Å². The molecule has 1 aliphatic heterocycles. The molecule has 4 rings (SSSR count). The molecule has 3 heterocycles. The van der Waals surface area contributed by atoms with E-state index in [-0.39, 0.29) is 17.9 Å². The molecule has 0 spiro atoms. The minimum absolute atomic E-state index is 0.0555. The summed E-state index contributed by atoms with van der Waals surface area (Å²) < 4.78 is 1.73. The second-order valence-corrected chi connectivity index (χ2v) is 9.04. The number of fused-ring (bicyclic) bond motifs is 1. The van der Waals surface area contributed by atoms with Crippen molar-refractivity contribution in [2.45, 2.75) is 70.5 Å². The van der Waals surface area contributed by atoms with Crippen molar-refractivity contribution in [3.05, 3.63) is 29.3 Å². The fourth-order valence-electron chi connectivity index (χ4n) is 4.35. The van der Waals surface area contributed by atoms with Crippen LogP contribution < -0.4 is 5.32 Å². The van der Waals surface area contributed by atoms with Crippen molar-refractivity contribution < 1.29 is 9.59 Å². The molecule has 1 saturated carbocycles. The molecule has 7 heteroatoms. The van der Waals surface area contributed by atoms with E-state index in [1.165, 1.54) is 6.42 Å². The molecule has 1 unspecified atom stereocenters. The van der Waals surface area contributed by atoms with Crippen LogP contribution in [-0.2, 0) is 11.3 Å². The standard InChI is InChI=1S/C21H28N4O2S/c1-3-11-24-19(26)17-13-16(18-10-7-12-28-18)23-25(17)14-21(24,2)20(27)22-15-8-5-4-6-9-15/h7,10,12-13,15H,3-6,8-9,11,14H2,1-2H3,(H,22,27). The van der Waals surface area contributed by atoms with Gasteiger partial charge in [-0.05, 0) is 43.7 Å². The smallest absolute Gasteiger partial charge is 0.273 e. The van der Waals surface area contributed by atoms with Crippen LogP contribution in [0.25, 0.3) is 10.6 Å². The summed E-state index contributed by atoms with van der Waals surface area (Å²) in [6, 6.07) is 6.06. The van der Waals surface area contributed by atoms with Gasteiger partial charge in [0, 0.05) is 12.6 Å². The van der Waals surface area contributed by atoms with E-state index in [4.69, 9.17) is 0 Å². The molecule has 2 aromatic rings. The summed E-state index contributed by atoms with van der Waals surface area (Å²) >= 11 is 1.60. The summed E-state index contributed by atoms with van der Waals surface area (Å²) in [5.74, 6) is -0.162. The van der Waals surface area contributed by atoms with Crippen molar-refractivity contribution in [1.82, 2.24) is 20.0 Å². The molecule has 2 aliphatic rings. The number of rotatable bonds is 5. The molecule has 28 heavy (non-hydrogen) atoms. The molecule has 2 aromatic heterocycles. The van der Waals surface area contributed by atoms with Crippen LogP contribution >= 0.6 is 11.3 Å². The van der Waals surface area contributed by atoms with E-state index in [1.807, 2.05) is 37.4 Å². The van der Waals surface area contributed by atoms with Crippen molar-refractivity contribution in [2.24, 2.45) is 0 Å². The number of nitrogens with zero attached hydrogens (tertiary/aromatic N) is 3. The quantitative estimate of drug-likeness (QED) is 0.832. The first kappa shape index (κ1) is 19.2. The Morgan fingerprint density at radius 1 is 1.36 bits per heavy atom. The van der Waals surface area contributed by atoms with E-state index in [1.54, 1.807) is 20.9 Å². The lowest BCUT2D eigenvalue weighted by Gasteiger charge is -2.44. The molecule has 1 N–H and O–H groups in total. The molecule has 6 nitrogen and oxygen atoms in total. The van der Waals surface area contributed by atoms with Crippen LogP contribution in [0.1, 0.15) is 62.9 Å². The predicted octanol–water partition coefficient (Wildman–Crippen LogP) is 3.69. The highest BCUT2D eigenvalue weighted by Gasteiger charge is 2.48. The van der Waals surface area contributed by atoms with Gasteiger partial charge in [0.15, 0.2) is 0 Å². The topological polar surface area (TPSA) is 67.2 Å². The Morgan fingerprint density at radius 2 is 2.14 bits per heavy atom. The van der Waals surface area contributed by atoms with Gasteiger partial charge in [-0.2, -0.15) is 5.10 Å². The number of nitrogens with one attached hydrogen (secondary N) is 1. The van der Waals surface area contributed by atoms with Crippen LogP contribution in [0.5, 0.6) is 0 Å². The van der Waals surface area contributed by atoms with E-state index < -0.39 is 5.54 Å². The fraction of sp³-hybridized carbons (Fsp3) is 0.571. The van der Waals surface area contributed by atoms with E-state index in [2.05, 4.69) is 10.4 Å². The van der Waals surface area contributed by atoms with Crippen LogP contribution in [-0.4, -0.2) is 44.6 Å². The Labute approximate surface area is 169 Å². The number of thiophene rings is 1. The van der Waals surface area contributed by atoms with Gasteiger partial charge in [-0.1, -0.05) is 32.3 Å². The van der Waals surface area contributed by atoms with Crippen molar-refractivity contribution in [2.75, 3.05) is 6.54 Å². The van der Waals surface area contributed by atoms with Crippen LogP contribution in [0.4, 0.5) is 0 Å². The zero-order chi connectivity index (χ0) is 19.7. The first-order valence-electron chi connectivity index (χ1n) is 10.3. The van der Waals surface area contributed by atoms with Crippen LogP contribution in [0.15, 0.2) is 23.6 Å². The van der Waals surface area contributed by atoms with Gasteiger partial charge in [0.25, 0.3) is 5.91 Å². The van der Waals surface area contributed by atoms with Gasteiger partial charge in [0.05, 0.1) is 11.4 Å². The molecule has 1 fully saturated rings. The molecule has 150 valence electrons. The summed E-state index contributed by atoms with van der Waals surface area (Å²) in [5, 5.41) is 9.89. The number of hydrogen-bond acceptors (Lipinski definition) is 4. The molecule has 0 saturated heterocycles.